The van der Waals surface area contributed by atoms with Crippen LogP contribution in [-0.2, 0) is 0 Å². The van der Waals surface area contributed by atoms with E-state index in [1.54, 1.807) is 0 Å². The minimum absolute atomic E-state index is 0.0872. The van der Waals surface area contributed by atoms with Gasteiger partial charge in [0.15, 0.2) is 0 Å². The Balaban J connectivity index is 2.92. The standard InChI is InChI=1S/C11H11Cl3FNO/c12-3-5-16(6-4-13)11(17)9-2-1-8(15)7-10(9)14/h1-2,7H,3-6H2. The fraction of sp³-hybridized carbons (Fsp3) is 0.364. The third-order valence-electron chi connectivity index (χ3n) is 2.16. The van der Waals surface area contributed by atoms with Crippen molar-refractivity contribution in [3.63, 3.8) is 0 Å². The highest BCUT2D eigenvalue weighted by atomic mass is 35.5. The second kappa shape index (κ2) is 7.04. The molecule has 0 spiro atoms. The van der Waals surface area contributed by atoms with Gasteiger partial charge in [-0.2, -0.15) is 0 Å². The Labute approximate surface area is 114 Å². The van der Waals surface area contributed by atoms with Crippen LogP contribution in [0.25, 0.3) is 0 Å². The number of carbonyl (C=O) groups is 1. The molecule has 0 aliphatic rings. The highest BCUT2D eigenvalue weighted by molar-refractivity contribution is 6.33. The molecule has 1 aromatic carbocycles. The number of carbonyl (C=O) groups excluding carboxylic acids is 1. The fourth-order valence-corrected chi connectivity index (χ4v) is 2.01. The molecule has 0 unspecified atom stereocenters. The van der Waals surface area contributed by atoms with Crippen LogP contribution < -0.4 is 0 Å². The van der Waals surface area contributed by atoms with Gasteiger partial charge in [-0.15, -0.1) is 23.2 Å². The number of hydrogen-bond acceptors (Lipinski definition) is 1. The van der Waals surface area contributed by atoms with Gasteiger partial charge in [0.25, 0.3) is 5.91 Å². The lowest BCUT2D eigenvalue weighted by atomic mass is 10.2. The molecule has 1 amide bonds. The van der Waals surface area contributed by atoms with E-state index < -0.39 is 5.82 Å². The summed E-state index contributed by atoms with van der Waals surface area (Å²) in [5, 5.41) is 0.0872. The molecule has 0 N–H and O–H groups in total. The van der Waals surface area contributed by atoms with E-state index in [1.807, 2.05) is 0 Å². The number of hydrogen-bond donors (Lipinski definition) is 0. The van der Waals surface area contributed by atoms with Crippen LogP contribution >= 0.6 is 34.8 Å². The Hall–Kier alpha value is -0.510. The third-order valence-corrected chi connectivity index (χ3v) is 2.81. The van der Waals surface area contributed by atoms with Crippen molar-refractivity contribution in [3.05, 3.63) is 34.6 Å². The summed E-state index contributed by atoms with van der Waals surface area (Å²) in [7, 11) is 0. The van der Waals surface area contributed by atoms with Gasteiger partial charge in [-0.05, 0) is 18.2 Å². The van der Waals surface area contributed by atoms with Gasteiger partial charge in [0.05, 0.1) is 10.6 Å². The summed E-state index contributed by atoms with van der Waals surface area (Å²) in [4.78, 5) is 13.5. The Kier molecular flexibility index (Phi) is 6.03. The van der Waals surface area contributed by atoms with Crippen molar-refractivity contribution in [3.8, 4) is 0 Å². The Bertz CT molecular complexity index is 394. The average Bonchev–Trinajstić information content (AvgIpc) is 2.28. The van der Waals surface area contributed by atoms with Crippen LogP contribution in [-0.4, -0.2) is 35.7 Å². The molecule has 0 radical (unpaired) electrons. The smallest absolute Gasteiger partial charge is 0.255 e. The molecule has 6 heteroatoms. The van der Waals surface area contributed by atoms with E-state index in [0.29, 0.717) is 24.8 Å². The molecule has 0 heterocycles. The van der Waals surface area contributed by atoms with E-state index in [2.05, 4.69) is 0 Å². The number of amides is 1. The van der Waals surface area contributed by atoms with Crippen LogP contribution in [0.4, 0.5) is 4.39 Å². The van der Waals surface area contributed by atoms with Gasteiger partial charge in [-0.25, -0.2) is 4.39 Å². The molecule has 2 nitrogen and oxygen atoms in total. The summed E-state index contributed by atoms with van der Waals surface area (Å²) in [5.41, 5.74) is 0.253. The fourth-order valence-electron chi connectivity index (χ4n) is 1.35. The second-order valence-corrected chi connectivity index (χ2v) is 4.46. The largest absolute Gasteiger partial charge is 0.336 e. The highest BCUT2D eigenvalue weighted by Crippen LogP contribution is 2.19. The number of halogens is 4. The van der Waals surface area contributed by atoms with Crippen molar-refractivity contribution >= 4 is 40.7 Å². The van der Waals surface area contributed by atoms with Crippen LogP contribution in [0.3, 0.4) is 0 Å². The van der Waals surface area contributed by atoms with Crippen molar-refractivity contribution < 1.29 is 9.18 Å². The van der Waals surface area contributed by atoms with Crippen LogP contribution in [0.2, 0.25) is 5.02 Å². The van der Waals surface area contributed by atoms with Gasteiger partial charge in [0.1, 0.15) is 5.82 Å². The van der Waals surface area contributed by atoms with Crippen molar-refractivity contribution in [2.24, 2.45) is 0 Å². The number of benzene rings is 1. The summed E-state index contributed by atoms with van der Waals surface area (Å²) in [6.45, 7) is 0.752. The lowest BCUT2D eigenvalue weighted by molar-refractivity contribution is 0.0775. The van der Waals surface area contributed by atoms with Gasteiger partial charge >= 0.3 is 0 Å². The maximum atomic E-state index is 12.9. The van der Waals surface area contributed by atoms with Crippen LogP contribution in [0.1, 0.15) is 10.4 Å². The maximum absolute atomic E-state index is 12.9. The van der Waals surface area contributed by atoms with E-state index in [0.717, 1.165) is 6.07 Å². The predicted octanol–water partition coefficient (Wildman–Crippen LogP) is 3.40. The molecule has 0 bridgehead atoms. The summed E-state index contributed by atoms with van der Waals surface area (Å²) >= 11 is 17.0. The molecule has 0 aliphatic carbocycles. The monoisotopic (exact) mass is 297 g/mol. The summed E-state index contributed by atoms with van der Waals surface area (Å²) in [6.07, 6.45) is 0. The van der Waals surface area contributed by atoms with Crippen LogP contribution in [0.15, 0.2) is 18.2 Å². The molecule has 0 aromatic heterocycles. The molecular weight excluding hydrogens is 287 g/mol. The third kappa shape index (κ3) is 4.02. The van der Waals surface area contributed by atoms with Crippen LogP contribution in [0, 0.1) is 5.82 Å². The molecule has 1 rings (SSSR count). The zero-order chi connectivity index (χ0) is 12.8. The molecule has 0 fully saturated rings. The minimum atomic E-state index is -0.479. The van der Waals surface area contributed by atoms with Gasteiger partial charge in [-0.1, -0.05) is 11.6 Å². The van der Waals surface area contributed by atoms with E-state index in [-0.39, 0.29) is 16.5 Å². The van der Waals surface area contributed by atoms with Gasteiger partial charge in [0, 0.05) is 24.8 Å². The zero-order valence-electron chi connectivity index (χ0n) is 8.93. The Morgan fingerprint density at radius 2 is 1.82 bits per heavy atom. The van der Waals surface area contributed by atoms with Gasteiger partial charge in [-0.3, -0.25) is 4.79 Å². The predicted molar refractivity (Wildman–Crippen MR) is 68.8 cm³/mol. The number of alkyl halides is 2. The normalized spacial score (nSPS) is 10.4. The topological polar surface area (TPSA) is 20.3 Å². The SMILES string of the molecule is O=C(c1ccc(F)cc1Cl)N(CCCl)CCCl. The zero-order valence-corrected chi connectivity index (χ0v) is 11.2. The minimum Gasteiger partial charge on any atom is -0.336 e. The van der Waals surface area contributed by atoms with E-state index in [9.17, 15) is 9.18 Å². The first-order valence-corrected chi connectivity index (χ1v) is 6.41. The maximum Gasteiger partial charge on any atom is 0.255 e. The Morgan fingerprint density at radius 3 is 2.29 bits per heavy atom. The molecule has 94 valence electrons. The number of nitrogens with zero attached hydrogens (tertiary/aromatic N) is 1. The van der Waals surface area contributed by atoms with E-state index >= 15 is 0 Å². The molecule has 0 saturated heterocycles. The average molecular weight is 299 g/mol. The Morgan fingerprint density at radius 1 is 1.24 bits per heavy atom. The first-order valence-electron chi connectivity index (χ1n) is 4.96. The van der Waals surface area contributed by atoms with Crippen molar-refractivity contribution in [1.82, 2.24) is 4.90 Å². The van der Waals surface area contributed by atoms with E-state index in [4.69, 9.17) is 34.8 Å². The lowest BCUT2D eigenvalue weighted by Gasteiger charge is -2.21. The molecule has 0 atom stereocenters. The summed E-state index contributed by atoms with van der Waals surface area (Å²) in [5.74, 6) is -0.160. The first-order chi connectivity index (χ1) is 8.10. The second-order valence-electron chi connectivity index (χ2n) is 3.29. The molecule has 1 aromatic rings. The summed E-state index contributed by atoms with van der Waals surface area (Å²) < 4.78 is 12.9. The van der Waals surface area contributed by atoms with Crippen molar-refractivity contribution in [2.75, 3.05) is 24.8 Å². The van der Waals surface area contributed by atoms with Gasteiger partial charge in [0.2, 0.25) is 0 Å². The lowest BCUT2D eigenvalue weighted by Crippen LogP contribution is -2.34. The summed E-state index contributed by atoms with van der Waals surface area (Å²) in [6, 6.07) is 3.66. The van der Waals surface area contributed by atoms with Crippen molar-refractivity contribution in [1.29, 1.82) is 0 Å². The van der Waals surface area contributed by atoms with E-state index in [1.165, 1.54) is 17.0 Å². The first kappa shape index (κ1) is 14.6. The highest BCUT2D eigenvalue weighted by Gasteiger charge is 2.17. The number of rotatable bonds is 5. The molecule has 0 saturated carbocycles. The quantitative estimate of drug-likeness (QED) is 0.763. The molecular formula is C11H11Cl3FNO. The molecule has 0 aliphatic heterocycles. The molecule has 17 heavy (non-hydrogen) atoms. The van der Waals surface area contributed by atoms with Crippen molar-refractivity contribution in [2.45, 2.75) is 0 Å². The van der Waals surface area contributed by atoms with Crippen LogP contribution in [0.5, 0.6) is 0 Å². The van der Waals surface area contributed by atoms with Gasteiger partial charge < -0.3 is 4.90 Å².